The zero-order chi connectivity index (χ0) is 15.7. The third-order valence-electron chi connectivity index (χ3n) is 3.87. The zero-order valence-corrected chi connectivity index (χ0v) is 12.7. The van der Waals surface area contributed by atoms with Crippen molar-refractivity contribution in [1.82, 2.24) is 0 Å². The molecule has 0 aliphatic carbocycles. The summed E-state index contributed by atoms with van der Waals surface area (Å²) >= 11 is 0. The molecule has 22 heavy (non-hydrogen) atoms. The first-order valence-corrected chi connectivity index (χ1v) is 7.46. The van der Waals surface area contributed by atoms with Gasteiger partial charge in [0.1, 0.15) is 24.4 Å². The second-order valence-corrected chi connectivity index (χ2v) is 6.08. The van der Waals surface area contributed by atoms with E-state index in [1.807, 2.05) is 44.2 Å². The first kappa shape index (κ1) is 15.9. The molecule has 6 heteroatoms. The van der Waals surface area contributed by atoms with Crippen molar-refractivity contribution in [1.29, 1.82) is 0 Å². The van der Waals surface area contributed by atoms with E-state index in [0.29, 0.717) is 6.61 Å². The molecule has 1 aromatic rings. The maximum atomic E-state index is 9.91. The van der Waals surface area contributed by atoms with Gasteiger partial charge < -0.3 is 29.2 Å². The lowest BCUT2D eigenvalue weighted by molar-refractivity contribution is -0.247. The summed E-state index contributed by atoms with van der Waals surface area (Å²) in [6, 6.07) is 9.74. The van der Waals surface area contributed by atoms with E-state index in [0.717, 1.165) is 5.56 Å². The average molecular weight is 310 g/mol. The molecule has 2 N–H and O–H groups in total. The van der Waals surface area contributed by atoms with E-state index < -0.39 is 43.1 Å². The van der Waals surface area contributed by atoms with Gasteiger partial charge in [0.15, 0.2) is 12.1 Å². The highest BCUT2D eigenvalue weighted by molar-refractivity contribution is 5.13. The fourth-order valence-electron chi connectivity index (χ4n) is 2.89. The highest BCUT2D eigenvalue weighted by Gasteiger charge is 2.57. The SMILES string of the molecule is CC1(C)O[C@@H]2[C@H](O1)[C@@H](OCc1ccccc1)O[C@@H]2[C@@H](O)CO. The molecular formula is C16H22O6. The van der Waals surface area contributed by atoms with Crippen molar-refractivity contribution in [2.75, 3.05) is 6.61 Å². The molecule has 0 bridgehead atoms. The normalized spacial score (nSPS) is 34.5. The molecule has 2 aliphatic heterocycles. The monoisotopic (exact) mass is 310 g/mol. The predicted molar refractivity (Wildman–Crippen MR) is 76.8 cm³/mol. The maximum absolute atomic E-state index is 9.91. The highest BCUT2D eigenvalue weighted by atomic mass is 16.8. The van der Waals surface area contributed by atoms with Gasteiger partial charge in [-0.15, -0.1) is 0 Å². The Morgan fingerprint density at radius 2 is 1.86 bits per heavy atom. The number of fused-ring (bicyclic) bond motifs is 1. The van der Waals surface area contributed by atoms with Crippen LogP contribution in [0.3, 0.4) is 0 Å². The van der Waals surface area contributed by atoms with Crippen LogP contribution in [0, 0.1) is 0 Å². The summed E-state index contributed by atoms with van der Waals surface area (Å²) in [6.45, 7) is 3.59. The average Bonchev–Trinajstić information content (AvgIpc) is 2.99. The van der Waals surface area contributed by atoms with Crippen molar-refractivity contribution in [2.45, 2.75) is 56.9 Å². The Balaban J connectivity index is 1.69. The number of aliphatic hydroxyl groups excluding tert-OH is 2. The van der Waals surface area contributed by atoms with Crippen LogP contribution in [0.1, 0.15) is 19.4 Å². The van der Waals surface area contributed by atoms with Crippen LogP contribution < -0.4 is 0 Å². The van der Waals surface area contributed by atoms with Gasteiger partial charge in [0.2, 0.25) is 0 Å². The van der Waals surface area contributed by atoms with Gasteiger partial charge in [0, 0.05) is 0 Å². The Morgan fingerprint density at radius 3 is 2.55 bits per heavy atom. The van der Waals surface area contributed by atoms with Gasteiger partial charge in [0.05, 0.1) is 13.2 Å². The number of benzene rings is 1. The number of hydrogen-bond donors (Lipinski definition) is 2. The van der Waals surface area contributed by atoms with Gasteiger partial charge in [-0.25, -0.2) is 0 Å². The minimum absolute atomic E-state index is 0.375. The van der Waals surface area contributed by atoms with E-state index >= 15 is 0 Å². The van der Waals surface area contributed by atoms with Crippen molar-refractivity contribution in [3.8, 4) is 0 Å². The maximum Gasteiger partial charge on any atom is 0.187 e. The molecule has 122 valence electrons. The van der Waals surface area contributed by atoms with Crippen LogP contribution in [0.4, 0.5) is 0 Å². The first-order valence-electron chi connectivity index (χ1n) is 7.46. The van der Waals surface area contributed by atoms with Crippen molar-refractivity contribution in [3.63, 3.8) is 0 Å². The summed E-state index contributed by atoms with van der Waals surface area (Å²) in [6.07, 6.45) is -3.23. The quantitative estimate of drug-likeness (QED) is 0.838. The topological polar surface area (TPSA) is 77.4 Å². The van der Waals surface area contributed by atoms with E-state index in [-0.39, 0.29) is 0 Å². The lowest BCUT2D eigenvalue weighted by atomic mass is 10.1. The fraction of sp³-hybridized carbons (Fsp3) is 0.625. The predicted octanol–water partition coefficient (Wildman–Crippen LogP) is 0.801. The fourth-order valence-corrected chi connectivity index (χ4v) is 2.89. The summed E-state index contributed by atoms with van der Waals surface area (Å²) in [5.74, 6) is -0.763. The van der Waals surface area contributed by atoms with Crippen LogP contribution >= 0.6 is 0 Å². The first-order chi connectivity index (χ1) is 10.5. The minimum Gasteiger partial charge on any atom is -0.394 e. The number of hydrogen-bond acceptors (Lipinski definition) is 6. The molecule has 3 rings (SSSR count). The molecule has 0 amide bonds. The van der Waals surface area contributed by atoms with Crippen LogP contribution in [0.25, 0.3) is 0 Å². The molecule has 0 radical (unpaired) electrons. The second-order valence-electron chi connectivity index (χ2n) is 6.08. The molecule has 1 aromatic carbocycles. The Bertz CT molecular complexity index is 491. The smallest absolute Gasteiger partial charge is 0.187 e. The van der Waals surface area contributed by atoms with E-state index in [2.05, 4.69) is 0 Å². The summed E-state index contributed by atoms with van der Waals surface area (Å²) in [4.78, 5) is 0. The van der Waals surface area contributed by atoms with E-state index in [4.69, 9.17) is 18.9 Å². The van der Waals surface area contributed by atoms with Crippen molar-refractivity contribution < 1.29 is 29.2 Å². The van der Waals surface area contributed by atoms with Gasteiger partial charge in [-0.3, -0.25) is 0 Å². The third kappa shape index (κ3) is 3.17. The van der Waals surface area contributed by atoms with Crippen LogP contribution in [0.15, 0.2) is 30.3 Å². The van der Waals surface area contributed by atoms with Crippen molar-refractivity contribution in [2.24, 2.45) is 0 Å². The van der Waals surface area contributed by atoms with E-state index in [9.17, 15) is 10.2 Å². The summed E-state index contributed by atoms with van der Waals surface area (Å²) < 4.78 is 23.1. The Kier molecular flexibility index (Phi) is 4.49. The Labute approximate surface area is 129 Å². The lowest BCUT2D eigenvalue weighted by Crippen LogP contribution is -2.40. The molecule has 0 aromatic heterocycles. The molecule has 0 unspecified atom stereocenters. The molecule has 5 atom stereocenters. The molecule has 6 nitrogen and oxygen atoms in total. The molecular weight excluding hydrogens is 288 g/mol. The van der Waals surface area contributed by atoms with Crippen molar-refractivity contribution >= 4 is 0 Å². The van der Waals surface area contributed by atoms with Crippen LogP contribution in [-0.2, 0) is 25.6 Å². The lowest BCUT2D eigenvalue weighted by Gasteiger charge is -2.25. The van der Waals surface area contributed by atoms with Crippen LogP contribution in [0.2, 0.25) is 0 Å². The van der Waals surface area contributed by atoms with E-state index in [1.54, 1.807) is 0 Å². The third-order valence-corrected chi connectivity index (χ3v) is 3.87. The summed E-state index contributed by atoms with van der Waals surface area (Å²) in [5, 5.41) is 19.1. The van der Waals surface area contributed by atoms with Gasteiger partial charge >= 0.3 is 0 Å². The van der Waals surface area contributed by atoms with Gasteiger partial charge in [0.25, 0.3) is 0 Å². The summed E-state index contributed by atoms with van der Waals surface area (Å²) in [5.41, 5.74) is 1.02. The van der Waals surface area contributed by atoms with Crippen LogP contribution in [-0.4, -0.2) is 53.3 Å². The second kappa shape index (κ2) is 6.23. The zero-order valence-electron chi connectivity index (χ0n) is 12.7. The molecule has 2 saturated heterocycles. The van der Waals surface area contributed by atoms with E-state index in [1.165, 1.54) is 0 Å². The molecule has 2 fully saturated rings. The van der Waals surface area contributed by atoms with Gasteiger partial charge in [-0.05, 0) is 19.4 Å². The molecule has 0 saturated carbocycles. The molecule has 2 heterocycles. The minimum atomic E-state index is -1.03. The van der Waals surface area contributed by atoms with Gasteiger partial charge in [-0.1, -0.05) is 30.3 Å². The Hall–Kier alpha value is -1.02. The highest BCUT2D eigenvalue weighted by Crippen LogP contribution is 2.40. The standard InChI is InChI=1S/C16H22O6/c1-16(2)21-13-12(11(18)8-17)20-15(14(13)22-16)19-9-10-6-4-3-5-7-10/h3-7,11-15,17-18H,8-9H2,1-2H3/t11-,12+,13-,14-,15-/m0/s1. The molecule has 0 spiro atoms. The largest absolute Gasteiger partial charge is 0.394 e. The number of aliphatic hydroxyl groups is 2. The van der Waals surface area contributed by atoms with Gasteiger partial charge in [-0.2, -0.15) is 0 Å². The summed E-state index contributed by atoms with van der Waals surface area (Å²) in [7, 11) is 0. The number of ether oxygens (including phenoxy) is 4. The van der Waals surface area contributed by atoms with Crippen molar-refractivity contribution in [3.05, 3.63) is 35.9 Å². The molecule has 2 aliphatic rings. The Morgan fingerprint density at radius 1 is 1.18 bits per heavy atom. The van der Waals surface area contributed by atoms with Crippen LogP contribution in [0.5, 0.6) is 0 Å². The number of rotatable bonds is 5.